The monoisotopic (exact) mass is 306 g/mol. The van der Waals surface area contributed by atoms with Gasteiger partial charge in [-0.05, 0) is 19.8 Å². The summed E-state index contributed by atoms with van der Waals surface area (Å²) in [5.74, 6) is 1.91. The topological polar surface area (TPSA) is 59.4 Å². The first-order valence-electron chi connectivity index (χ1n) is 8.38. The molecule has 6 heteroatoms. The first-order chi connectivity index (χ1) is 10.8. The van der Waals surface area contributed by atoms with Gasteiger partial charge in [-0.3, -0.25) is 4.79 Å². The van der Waals surface area contributed by atoms with Crippen molar-refractivity contribution in [2.45, 2.75) is 44.7 Å². The molecule has 0 radical (unpaired) electrons. The zero-order valence-electron chi connectivity index (χ0n) is 13.3. The maximum Gasteiger partial charge on any atom is 0.224 e. The molecule has 2 aliphatic rings. The zero-order valence-corrected chi connectivity index (χ0v) is 13.3. The van der Waals surface area contributed by atoms with Gasteiger partial charge in [0.2, 0.25) is 5.91 Å². The number of ether oxygens (including phenoxy) is 1. The molecule has 0 aliphatic carbocycles. The molecule has 1 aromatic rings. The normalized spacial score (nSPS) is 23.7. The van der Waals surface area contributed by atoms with Gasteiger partial charge in [0.15, 0.2) is 0 Å². The summed E-state index contributed by atoms with van der Waals surface area (Å²) >= 11 is 0. The van der Waals surface area contributed by atoms with Gasteiger partial charge in [0.25, 0.3) is 0 Å². The summed E-state index contributed by atoms with van der Waals surface area (Å²) in [6, 6.07) is 0.179. The molecule has 0 bridgehead atoms. The molecule has 6 nitrogen and oxygen atoms in total. The van der Waals surface area contributed by atoms with E-state index in [0.717, 1.165) is 45.6 Å². The minimum atomic E-state index is 0.179. The van der Waals surface area contributed by atoms with Gasteiger partial charge in [0.05, 0.1) is 13.2 Å². The summed E-state index contributed by atoms with van der Waals surface area (Å²) in [5, 5.41) is 3.35. The van der Waals surface area contributed by atoms with Crippen LogP contribution in [0, 0.1) is 0 Å². The number of carbonyl (C=O) groups excluding carboxylic acids is 1. The molecular formula is C16H26N4O2. The van der Waals surface area contributed by atoms with Crippen LogP contribution >= 0.6 is 0 Å². The number of hydrogen-bond acceptors (Lipinski definition) is 4. The Labute approximate surface area is 131 Å². The molecule has 0 aromatic carbocycles. The predicted molar refractivity (Wildman–Crippen MR) is 83.7 cm³/mol. The molecule has 0 unspecified atom stereocenters. The Bertz CT molecular complexity index is 488. The molecule has 2 fully saturated rings. The Hall–Kier alpha value is -1.40. The molecule has 0 spiro atoms. The Morgan fingerprint density at radius 1 is 1.45 bits per heavy atom. The van der Waals surface area contributed by atoms with Crippen molar-refractivity contribution < 1.29 is 9.53 Å². The summed E-state index contributed by atoms with van der Waals surface area (Å²) < 4.78 is 7.63. The van der Waals surface area contributed by atoms with Gasteiger partial charge in [0.1, 0.15) is 5.82 Å². The van der Waals surface area contributed by atoms with Crippen LogP contribution in [0.3, 0.4) is 0 Å². The number of hydrogen-bond donors (Lipinski definition) is 1. The van der Waals surface area contributed by atoms with Gasteiger partial charge in [-0.25, -0.2) is 4.98 Å². The van der Waals surface area contributed by atoms with Gasteiger partial charge < -0.3 is 19.5 Å². The second-order valence-electron chi connectivity index (χ2n) is 6.16. The number of piperidine rings is 1. The Morgan fingerprint density at radius 3 is 2.95 bits per heavy atom. The van der Waals surface area contributed by atoms with Gasteiger partial charge >= 0.3 is 0 Å². The van der Waals surface area contributed by atoms with Crippen LogP contribution in [0.15, 0.2) is 12.4 Å². The molecule has 1 aromatic heterocycles. The smallest absolute Gasteiger partial charge is 0.224 e. The Balaban J connectivity index is 1.49. The summed E-state index contributed by atoms with van der Waals surface area (Å²) in [5.41, 5.74) is 0. The summed E-state index contributed by atoms with van der Waals surface area (Å²) in [6.45, 7) is 7.03. The van der Waals surface area contributed by atoms with Crippen molar-refractivity contribution >= 4 is 5.91 Å². The van der Waals surface area contributed by atoms with Crippen molar-refractivity contribution in [3.63, 3.8) is 0 Å². The van der Waals surface area contributed by atoms with Crippen LogP contribution < -0.4 is 5.32 Å². The molecule has 3 rings (SSSR count). The van der Waals surface area contributed by atoms with E-state index in [0.29, 0.717) is 18.9 Å². The van der Waals surface area contributed by atoms with Crippen LogP contribution in [-0.2, 0) is 16.1 Å². The number of carbonyl (C=O) groups is 1. The number of rotatable bonds is 4. The van der Waals surface area contributed by atoms with E-state index < -0.39 is 0 Å². The molecule has 1 N–H and O–H groups in total. The Kier molecular flexibility index (Phi) is 5.10. The summed E-state index contributed by atoms with van der Waals surface area (Å²) in [4.78, 5) is 18.9. The molecular weight excluding hydrogens is 280 g/mol. The average molecular weight is 306 g/mol. The van der Waals surface area contributed by atoms with Crippen molar-refractivity contribution in [2.24, 2.45) is 0 Å². The first-order valence-corrected chi connectivity index (χ1v) is 8.38. The SMILES string of the molecule is CCn1ccnc1C1CCN(C(=O)C[C@@H]2COCCN2)CC1. The van der Waals surface area contributed by atoms with Crippen LogP contribution in [0.2, 0.25) is 0 Å². The van der Waals surface area contributed by atoms with E-state index in [4.69, 9.17) is 4.74 Å². The van der Waals surface area contributed by atoms with Crippen molar-refractivity contribution in [1.29, 1.82) is 0 Å². The maximum atomic E-state index is 12.4. The summed E-state index contributed by atoms with van der Waals surface area (Å²) in [7, 11) is 0. The van der Waals surface area contributed by atoms with E-state index >= 15 is 0 Å². The van der Waals surface area contributed by atoms with E-state index in [2.05, 4.69) is 21.8 Å². The maximum absolute atomic E-state index is 12.4. The minimum absolute atomic E-state index is 0.179. The number of aryl methyl sites for hydroxylation is 1. The number of aromatic nitrogens is 2. The van der Waals surface area contributed by atoms with Gasteiger partial charge in [0, 0.05) is 57.0 Å². The van der Waals surface area contributed by atoms with Gasteiger partial charge in [-0.1, -0.05) is 0 Å². The van der Waals surface area contributed by atoms with E-state index in [1.54, 1.807) is 0 Å². The second-order valence-corrected chi connectivity index (χ2v) is 6.16. The van der Waals surface area contributed by atoms with E-state index in [1.165, 1.54) is 5.82 Å². The highest BCUT2D eigenvalue weighted by Gasteiger charge is 2.27. The lowest BCUT2D eigenvalue weighted by Gasteiger charge is -2.33. The van der Waals surface area contributed by atoms with Crippen LogP contribution in [0.1, 0.15) is 37.9 Å². The van der Waals surface area contributed by atoms with Crippen molar-refractivity contribution in [2.75, 3.05) is 32.8 Å². The van der Waals surface area contributed by atoms with Crippen LogP contribution in [0.25, 0.3) is 0 Å². The summed E-state index contributed by atoms with van der Waals surface area (Å²) in [6.07, 6.45) is 6.50. The number of nitrogens with zero attached hydrogens (tertiary/aromatic N) is 3. The van der Waals surface area contributed by atoms with E-state index in [-0.39, 0.29) is 11.9 Å². The average Bonchev–Trinajstić information content (AvgIpc) is 3.04. The number of likely N-dealkylation sites (tertiary alicyclic amines) is 1. The number of nitrogens with one attached hydrogen (secondary N) is 1. The quantitative estimate of drug-likeness (QED) is 0.901. The zero-order chi connectivity index (χ0) is 15.4. The van der Waals surface area contributed by atoms with Crippen molar-refractivity contribution in [3.8, 4) is 0 Å². The molecule has 122 valence electrons. The third-order valence-electron chi connectivity index (χ3n) is 4.72. The third-order valence-corrected chi connectivity index (χ3v) is 4.72. The van der Waals surface area contributed by atoms with Gasteiger partial charge in [-0.2, -0.15) is 0 Å². The molecule has 1 atom stereocenters. The second kappa shape index (κ2) is 7.24. The number of amides is 1. The van der Waals surface area contributed by atoms with Gasteiger partial charge in [-0.15, -0.1) is 0 Å². The molecule has 1 amide bonds. The fraction of sp³-hybridized carbons (Fsp3) is 0.750. The highest BCUT2D eigenvalue weighted by Crippen LogP contribution is 2.27. The molecule has 2 aliphatic heterocycles. The first kappa shape index (κ1) is 15.5. The molecule has 3 heterocycles. The fourth-order valence-electron chi connectivity index (χ4n) is 3.43. The lowest BCUT2D eigenvalue weighted by atomic mass is 9.95. The number of morpholine rings is 1. The molecule has 22 heavy (non-hydrogen) atoms. The molecule has 0 saturated carbocycles. The van der Waals surface area contributed by atoms with Crippen molar-refractivity contribution in [1.82, 2.24) is 19.8 Å². The van der Waals surface area contributed by atoms with E-state index in [1.807, 2.05) is 17.3 Å². The predicted octanol–water partition coefficient (Wildman–Crippen LogP) is 0.988. The van der Waals surface area contributed by atoms with Crippen LogP contribution in [0.4, 0.5) is 0 Å². The Morgan fingerprint density at radius 2 is 2.27 bits per heavy atom. The fourth-order valence-corrected chi connectivity index (χ4v) is 3.43. The lowest BCUT2D eigenvalue weighted by molar-refractivity contribution is -0.133. The highest BCUT2D eigenvalue weighted by molar-refractivity contribution is 5.77. The van der Waals surface area contributed by atoms with Crippen LogP contribution in [-0.4, -0.2) is 59.2 Å². The number of imidazole rings is 1. The van der Waals surface area contributed by atoms with Crippen molar-refractivity contribution in [3.05, 3.63) is 18.2 Å². The third kappa shape index (κ3) is 3.50. The van der Waals surface area contributed by atoms with E-state index in [9.17, 15) is 4.79 Å². The minimum Gasteiger partial charge on any atom is -0.378 e. The largest absolute Gasteiger partial charge is 0.378 e. The lowest BCUT2D eigenvalue weighted by Crippen LogP contribution is -2.46. The molecule has 2 saturated heterocycles. The highest BCUT2D eigenvalue weighted by atomic mass is 16.5. The standard InChI is InChI=1S/C16H26N4O2/c1-2-19-9-5-18-16(19)13-3-7-20(8-4-13)15(21)11-14-12-22-10-6-17-14/h5,9,13-14,17H,2-4,6-8,10-12H2,1H3/t14-/m1/s1. The van der Waals surface area contributed by atoms with Crippen LogP contribution in [0.5, 0.6) is 0 Å².